The number of ether oxygens (including phenoxy) is 1. The first-order chi connectivity index (χ1) is 15.4. The van der Waals surface area contributed by atoms with Crippen LogP contribution < -0.4 is 10.3 Å². The molecule has 0 aliphatic carbocycles. The van der Waals surface area contributed by atoms with Gasteiger partial charge in [-0.3, -0.25) is 9.36 Å². The van der Waals surface area contributed by atoms with E-state index < -0.39 is 9.84 Å². The number of benzene rings is 3. The van der Waals surface area contributed by atoms with Gasteiger partial charge in [0.2, 0.25) is 9.84 Å². The SMILES string of the molecule is COc1ccc(-c2c(S(=O)(=O)c3ccc(C)cc3)ncc(=O)n2Cc2ccccc2)cc1. The van der Waals surface area contributed by atoms with Gasteiger partial charge in [0, 0.05) is 5.56 Å². The van der Waals surface area contributed by atoms with Crippen molar-refractivity contribution in [3.8, 4) is 17.0 Å². The van der Waals surface area contributed by atoms with Crippen LogP contribution in [0.1, 0.15) is 11.1 Å². The highest BCUT2D eigenvalue weighted by molar-refractivity contribution is 7.91. The monoisotopic (exact) mass is 446 g/mol. The number of aromatic nitrogens is 2. The van der Waals surface area contributed by atoms with E-state index in [0.29, 0.717) is 11.3 Å². The molecule has 0 bridgehead atoms. The predicted molar refractivity (Wildman–Crippen MR) is 123 cm³/mol. The van der Waals surface area contributed by atoms with Crippen molar-refractivity contribution in [3.05, 3.63) is 107 Å². The van der Waals surface area contributed by atoms with Crippen molar-refractivity contribution in [2.45, 2.75) is 23.4 Å². The third kappa shape index (κ3) is 4.20. The van der Waals surface area contributed by atoms with Crippen LogP contribution in [0.3, 0.4) is 0 Å². The second-order valence-electron chi connectivity index (χ2n) is 7.37. The molecule has 6 nitrogen and oxygen atoms in total. The van der Waals surface area contributed by atoms with Crippen LogP contribution in [0.15, 0.2) is 99.8 Å². The Balaban J connectivity index is 1.98. The van der Waals surface area contributed by atoms with E-state index in [1.165, 1.54) is 4.57 Å². The zero-order valence-corrected chi connectivity index (χ0v) is 18.5. The number of hydrogen-bond donors (Lipinski definition) is 0. The maximum absolute atomic E-state index is 13.6. The van der Waals surface area contributed by atoms with E-state index in [9.17, 15) is 13.2 Å². The van der Waals surface area contributed by atoms with Gasteiger partial charge >= 0.3 is 0 Å². The van der Waals surface area contributed by atoms with Gasteiger partial charge in [0.15, 0.2) is 5.03 Å². The molecule has 162 valence electrons. The van der Waals surface area contributed by atoms with Crippen molar-refractivity contribution in [2.75, 3.05) is 7.11 Å². The summed E-state index contributed by atoms with van der Waals surface area (Å²) >= 11 is 0. The molecule has 4 rings (SSSR count). The molecule has 0 N–H and O–H groups in total. The Hall–Kier alpha value is -3.71. The summed E-state index contributed by atoms with van der Waals surface area (Å²) in [5.74, 6) is 0.623. The summed E-state index contributed by atoms with van der Waals surface area (Å²) in [6, 6.07) is 22.9. The van der Waals surface area contributed by atoms with Gasteiger partial charge in [0.1, 0.15) is 5.75 Å². The molecule has 0 aliphatic heterocycles. The third-order valence-electron chi connectivity index (χ3n) is 5.16. The minimum absolute atomic E-state index is 0.121. The van der Waals surface area contributed by atoms with E-state index in [0.717, 1.165) is 17.3 Å². The molecule has 0 amide bonds. The lowest BCUT2D eigenvalue weighted by molar-refractivity contribution is 0.415. The van der Waals surface area contributed by atoms with Gasteiger partial charge in [-0.05, 0) is 48.9 Å². The van der Waals surface area contributed by atoms with Crippen LogP contribution in [0, 0.1) is 6.92 Å². The van der Waals surface area contributed by atoms with Crippen LogP contribution in [0.2, 0.25) is 0 Å². The van der Waals surface area contributed by atoms with Crippen molar-refractivity contribution >= 4 is 9.84 Å². The van der Waals surface area contributed by atoms with Gasteiger partial charge in [0.05, 0.1) is 30.4 Å². The molecule has 7 heteroatoms. The number of nitrogens with zero attached hydrogens (tertiary/aromatic N) is 2. The van der Waals surface area contributed by atoms with Gasteiger partial charge in [-0.1, -0.05) is 48.0 Å². The fourth-order valence-electron chi connectivity index (χ4n) is 3.45. The van der Waals surface area contributed by atoms with Crippen LogP contribution in [0.4, 0.5) is 0 Å². The molecule has 0 radical (unpaired) electrons. The van der Waals surface area contributed by atoms with Crippen LogP contribution in [-0.4, -0.2) is 25.1 Å². The van der Waals surface area contributed by atoms with Gasteiger partial charge in [-0.25, -0.2) is 13.4 Å². The van der Waals surface area contributed by atoms with Gasteiger partial charge < -0.3 is 4.74 Å². The molecule has 0 saturated heterocycles. The lowest BCUT2D eigenvalue weighted by Crippen LogP contribution is -2.25. The summed E-state index contributed by atoms with van der Waals surface area (Å²) in [5.41, 5.74) is 2.22. The van der Waals surface area contributed by atoms with Crippen LogP contribution in [0.5, 0.6) is 5.75 Å². The zero-order chi connectivity index (χ0) is 22.7. The molecule has 0 atom stereocenters. The van der Waals surface area contributed by atoms with E-state index in [2.05, 4.69) is 4.98 Å². The number of methoxy groups -OCH3 is 1. The molecule has 32 heavy (non-hydrogen) atoms. The number of sulfone groups is 1. The molecular weight excluding hydrogens is 424 g/mol. The van der Waals surface area contributed by atoms with E-state index in [-0.39, 0.29) is 27.7 Å². The Kier molecular flexibility index (Phi) is 5.92. The quantitative estimate of drug-likeness (QED) is 0.445. The van der Waals surface area contributed by atoms with E-state index >= 15 is 0 Å². The number of rotatable bonds is 6. The van der Waals surface area contributed by atoms with E-state index in [1.807, 2.05) is 37.3 Å². The minimum atomic E-state index is -3.98. The van der Waals surface area contributed by atoms with Gasteiger partial charge in [-0.2, -0.15) is 0 Å². The van der Waals surface area contributed by atoms with Crippen molar-refractivity contribution in [2.24, 2.45) is 0 Å². The summed E-state index contributed by atoms with van der Waals surface area (Å²) < 4.78 is 33.8. The first-order valence-corrected chi connectivity index (χ1v) is 11.5. The van der Waals surface area contributed by atoms with Crippen LogP contribution >= 0.6 is 0 Å². The molecule has 3 aromatic carbocycles. The summed E-state index contributed by atoms with van der Waals surface area (Å²) in [5, 5.41) is -0.165. The Morgan fingerprint density at radius 1 is 0.906 bits per heavy atom. The fraction of sp³-hybridized carbons (Fsp3) is 0.120. The summed E-state index contributed by atoms with van der Waals surface area (Å²) in [6.45, 7) is 2.09. The topological polar surface area (TPSA) is 78.3 Å². The predicted octanol–water partition coefficient (Wildman–Crippen LogP) is 4.11. The normalized spacial score (nSPS) is 11.3. The second-order valence-corrected chi connectivity index (χ2v) is 9.23. The third-order valence-corrected chi connectivity index (χ3v) is 6.86. The van der Waals surface area contributed by atoms with Gasteiger partial charge in [0.25, 0.3) is 5.56 Å². The average Bonchev–Trinajstić information content (AvgIpc) is 2.81. The van der Waals surface area contributed by atoms with E-state index in [4.69, 9.17) is 4.74 Å². The largest absolute Gasteiger partial charge is 0.497 e. The standard InChI is InChI=1S/C25H22N2O4S/c1-18-8-14-22(15-9-18)32(29,30)25-24(20-10-12-21(31-2)13-11-20)27(23(28)16-26-25)17-19-6-4-3-5-7-19/h3-16H,17H2,1-2H3. The van der Waals surface area contributed by atoms with Crippen LogP contribution in [-0.2, 0) is 16.4 Å². The highest BCUT2D eigenvalue weighted by Gasteiger charge is 2.27. The maximum atomic E-state index is 13.6. The van der Waals surface area contributed by atoms with E-state index in [1.54, 1.807) is 55.6 Å². The van der Waals surface area contributed by atoms with Crippen molar-refractivity contribution in [1.82, 2.24) is 9.55 Å². The van der Waals surface area contributed by atoms with Crippen molar-refractivity contribution in [1.29, 1.82) is 0 Å². The Bertz CT molecular complexity index is 1390. The number of hydrogen-bond acceptors (Lipinski definition) is 5. The zero-order valence-electron chi connectivity index (χ0n) is 17.7. The Morgan fingerprint density at radius 3 is 2.19 bits per heavy atom. The molecule has 0 unspecified atom stereocenters. The summed E-state index contributed by atoms with van der Waals surface area (Å²) in [7, 11) is -2.43. The molecule has 0 saturated carbocycles. The lowest BCUT2D eigenvalue weighted by Gasteiger charge is -2.17. The Labute approximate surface area is 186 Å². The first-order valence-electron chi connectivity index (χ1n) is 10.00. The molecule has 0 fully saturated rings. The Morgan fingerprint density at radius 2 is 1.56 bits per heavy atom. The van der Waals surface area contributed by atoms with Gasteiger partial charge in [-0.15, -0.1) is 0 Å². The molecule has 4 aromatic rings. The molecule has 0 spiro atoms. The van der Waals surface area contributed by atoms with Crippen LogP contribution in [0.25, 0.3) is 11.3 Å². The number of aryl methyl sites for hydroxylation is 1. The summed E-state index contributed by atoms with van der Waals surface area (Å²) in [4.78, 5) is 17.1. The first kappa shape index (κ1) is 21.5. The second kappa shape index (κ2) is 8.80. The highest BCUT2D eigenvalue weighted by atomic mass is 32.2. The minimum Gasteiger partial charge on any atom is -0.497 e. The smallest absolute Gasteiger partial charge is 0.269 e. The summed E-state index contributed by atoms with van der Waals surface area (Å²) in [6.07, 6.45) is 1.07. The fourth-order valence-corrected chi connectivity index (χ4v) is 4.84. The molecule has 0 aliphatic rings. The highest BCUT2D eigenvalue weighted by Crippen LogP contribution is 2.30. The maximum Gasteiger partial charge on any atom is 0.269 e. The van der Waals surface area contributed by atoms with Crippen molar-refractivity contribution in [3.63, 3.8) is 0 Å². The molecule has 1 aromatic heterocycles. The molecule has 1 heterocycles. The molecular formula is C25H22N2O4S. The van der Waals surface area contributed by atoms with Crippen molar-refractivity contribution < 1.29 is 13.2 Å². The average molecular weight is 447 g/mol. The lowest BCUT2D eigenvalue weighted by atomic mass is 10.1.